The molecule has 24 heavy (non-hydrogen) atoms. The van der Waals surface area contributed by atoms with E-state index < -0.39 is 0 Å². The molecule has 2 atom stereocenters. The molecule has 0 saturated carbocycles. The number of rotatable bonds is 3. The van der Waals surface area contributed by atoms with Crippen LogP contribution in [0, 0.1) is 0 Å². The van der Waals surface area contributed by atoms with Crippen LogP contribution in [0.1, 0.15) is 38.7 Å². The van der Waals surface area contributed by atoms with E-state index in [1.54, 1.807) is 0 Å². The number of piperidine rings is 1. The molecular formula is C22H26N2. The Morgan fingerprint density at radius 2 is 1.62 bits per heavy atom. The van der Waals surface area contributed by atoms with E-state index in [0.29, 0.717) is 12.1 Å². The molecule has 2 heteroatoms. The number of nitrogens with zero attached hydrogens (tertiary/aromatic N) is 2. The lowest BCUT2D eigenvalue weighted by Gasteiger charge is -2.41. The summed E-state index contributed by atoms with van der Waals surface area (Å²) in [5.41, 5.74) is 4.08. The van der Waals surface area contributed by atoms with Gasteiger partial charge in [0.15, 0.2) is 0 Å². The summed E-state index contributed by atoms with van der Waals surface area (Å²) in [7, 11) is 0. The first-order valence-electron chi connectivity index (χ1n) is 9.14. The van der Waals surface area contributed by atoms with Crippen molar-refractivity contribution in [1.82, 2.24) is 4.57 Å². The number of anilines is 1. The lowest BCUT2D eigenvalue weighted by Crippen LogP contribution is -2.43. The third-order valence-corrected chi connectivity index (χ3v) is 5.46. The Morgan fingerprint density at radius 1 is 0.875 bits per heavy atom. The van der Waals surface area contributed by atoms with Gasteiger partial charge in [-0.3, -0.25) is 0 Å². The number of benzene rings is 2. The summed E-state index contributed by atoms with van der Waals surface area (Å²) >= 11 is 0. The van der Waals surface area contributed by atoms with Crippen molar-refractivity contribution in [3.63, 3.8) is 0 Å². The second-order valence-electron chi connectivity index (χ2n) is 7.18. The van der Waals surface area contributed by atoms with Crippen molar-refractivity contribution < 1.29 is 0 Å². The molecule has 2 aromatic carbocycles. The zero-order chi connectivity index (χ0) is 16.5. The Hall–Kier alpha value is -2.22. The van der Waals surface area contributed by atoms with Crippen LogP contribution in [-0.2, 0) is 6.54 Å². The molecule has 1 saturated heterocycles. The van der Waals surface area contributed by atoms with Gasteiger partial charge in [-0.1, -0.05) is 36.4 Å². The topological polar surface area (TPSA) is 8.17 Å². The molecule has 0 amide bonds. The predicted molar refractivity (Wildman–Crippen MR) is 103 cm³/mol. The molecule has 0 aliphatic carbocycles. The van der Waals surface area contributed by atoms with Crippen LogP contribution in [0.15, 0.2) is 60.8 Å². The third-order valence-electron chi connectivity index (χ3n) is 5.46. The van der Waals surface area contributed by atoms with E-state index in [1.807, 2.05) is 0 Å². The van der Waals surface area contributed by atoms with E-state index in [0.717, 1.165) is 6.54 Å². The number of aromatic nitrogens is 1. The zero-order valence-electron chi connectivity index (χ0n) is 14.7. The summed E-state index contributed by atoms with van der Waals surface area (Å²) in [5, 5.41) is 1.38. The van der Waals surface area contributed by atoms with Crippen molar-refractivity contribution in [3.8, 4) is 0 Å². The van der Waals surface area contributed by atoms with Crippen molar-refractivity contribution in [2.75, 3.05) is 4.90 Å². The molecular weight excluding hydrogens is 292 g/mol. The molecule has 0 N–H and O–H groups in total. The Morgan fingerprint density at radius 3 is 2.38 bits per heavy atom. The van der Waals surface area contributed by atoms with Crippen LogP contribution in [0.2, 0.25) is 0 Å². The van der Waals surface area contributed by atoms with Gasteiger partial charge in [0.05, 0.1) is 5.52 Å². The van der Waals surface area contributed by atoms with Gasteiger partial charge in [-0.25, -0.2) is 0 Å². The fraction of sp³-hybridized carbons (Fsp3) is 0.364. The Labute approximate surface area is 144 Å². The summed E-state index contributed by atoms with van der Waals surface area (Å²) in [4.78, 5) is 2.64. The van der Waals surface area contributed by atoms with Crippen molar-refractivity contribution >= 4 is 16.6 Å². The van der Waals surface area contributed by atoms with Gasteiger partial charge in [-0.05, 0) is 56.9 Å². The van der Waals surface area contributed by atoms with Gasteiger partial charge in [0.2, 0.25) is 0 Å². The quantitative estimate of drug-likeness (QED) is 0.623. The first-order chi connectivity index (χ1) is 11.7. The summed E-state index contributed by atoms with van der Waals surface area (Å²) in [6.45, 7) is 5.67. The van der Waals surface area contributed by atoms with Crippen molar-refractivity contribution in [2.24, 2.45) is 0 Å². The van der Waals surface area contributed by atoms with Crippen LogP contribution in [0.25, 0.3) is 10.9 Å². The molecule has 2 unspecified atom stereocenters. The SMILES string of the molecule is CC1CCCC(C)N1c1cccc2c1ccn2Cc1ccccc1. The third kappa shape index (κ3) is 2.71. The second kappa shape index (κ2) is 6.35. The fourth-order valence-electron chi connectivity index (χ4n) is 4.25. The van der Waals surface area contributed by atoms with Gasteiger partial charge in [-0.2, -0.15) is 0 Å². The zero-order valence-corrected chi connectivity index (χ0v) is 14.7. The summed E-state index contributed by atoms with van der Waals surface area (Å²) in [5.74, 6) is 0. The minimum atomic E-state index is 0.622. The smallest absolute Gasteiger partial charge is 0.0504 e. The van der Waals surface area contributed by atoms with E-state index in [4.69, 9.17) is 0 Å². The highest BCUT2D eigenvalue weighted by Crippen LogP contribution is 2.35. The normalized spacial score (nSPS) is 21.3. The number of hydrogen-bond donors (Lipinski definition) is 0. The lowest BCUT2D eigenvalue weighted by atomic mass is 9.96. The monoisotopic (exact) mass is 318 g/mol. The van der Waals surface area contributed by atoms with Gasteiger partial charge in [-0.15, -0.1) is 0 Å². The maximum absolute atomic E-state index is 2.64. The highest BCUT2D eigenvalue weighted by atomic mass is 15.2. The molecule has 1 aliphatic heterocycles. The molecule has 2 nitrogen and oxygen atoms in total. The molecule has 1 aliphatic rings. The van der Waals surface area contributed by atoms with Gasteiger partial charge >= 0.3 is 0 Å². The Bertz CT molecular complexity index is 808. The van der Waals surface area contributed by atoms with E-state index in [9.17, 15) is 0 Å². The molecule has 0 radical (unpaired) electrons. The first kappa shape index (κ1) is 15.3. The van der Waals surface area contributed by atoms with Crippen LogP contribution in [0.5, 0.6) is 0 Å². The summed E-state index contributed by atoms with van der Waals surface area (Å²) in [6.07, 6.45) is 6.18. The van der Waals surface area contributed by atoms with Gasteiger partial charge < -0.3 is 9.47 Å². The van der Waals surface area contributed by atoms with Crippen LogP contribution in [0.4, 0.5) is 5.69 Å². The largest absolute Gasteiger partial charge is 0.366 e. The second-order valence-corrected chi connectivity index (χ2v) is 7.18. The average Bonchev–Trinajstić information content (AvgIpc) is 3.00. The lowest BCUT2D eigenvalue weighted by molar-refractivity contribution is 0.415. The maximum atomic E-state index is 2.64. The molecule has 0 spiro atoms. The Kier molecular flexibility index (Phi) is 4.05. The minimum Gasteiger partial charge on any atom is -0.366 e. The van der Waals surface area contributed by atoms with E-state index >= 15 is 0 Å². The predicted octanol–water partition coefficient (Wildman–Crippen LogP) is 5.46. The van der Waals surface area contributed by atoms with Crippen LogP contribution >= 0.6 is 0 Å². The minimum absolute atomic E-state index is 0.622. The van der Waals surface area contributed by atoms with Gasteiger partial charge in [0, 0.05) is 35.9 Å². The van der Waals surface area contributed by atoms with Crippen LogP contribution < -0.4 is 4.90 Å². The molecule has 1 aromatic heterocycles. The standard InChI is InChI=1S/C22H26N2/c1-17-8-6-9-18(2)24(17)22-13-7-12-21-20(22)14-15-23(21)16-19-10-4-3-5-11-19/h3-5,7,10-15,17-18H,6,8-9,16H2,1-2H3. The summed E-state index contributed by atoms with van der Waals surface area (Å²) in [6, 6.07) is 21.0. The molecule has 3 aromatic rings. The fourth-order valence-corrected chi connectivity index (χ4v) is 4.25. The highest BCUT2D eigenvalue weighted by Gasteiger charge is 2.26. The molecule has 0 bridgehead atoms. The van der Waals surface area contributed by atoms with Gasteiger partial charge in [0.25, 0.3) is 0 Å². The van der Waals surface area contributed by atoms with Crippen LogP contribution in [0.3, 0.4) is 0 Å². The summed E-state index contributed by atoms with van der Waals surface area (Å²) < 4.78 is 2.37. The average molecular weight is 318 g/mol. The van der Waals surface area contributed by atoms with E-state index in [1.165, 1.54) is 41.4 Å². The van der Waals surface area contributed by atoms with Crippen molar-refractivity contribution in [3.05, 3.63) is 66.4 Å². The molecule has 2 heterocycles. The molecule has 124 valence electrons. The van der Waals surface area contributed by atoms with Crippen molar-refractivity contribution in [2.45, 2.75) is 51.7 Å². The maximum Gasteiger partial charge on any atom is 0.0504 e. The Balaban J connectivity index is 1.74. The van der Waals surface area contributed by atoms with Crippen LogP contribution in [-0.4, -0.2) is 16.7 Å². The number of fused-ring (bicyclic) bond motifs is 1. The molecule has 4 rings (SSSR count). The molecule has 1 fully saturated rings. The van der Waals surface area contributed by atoms with Crippen molar-refractivity contribution in [1.29, 1.82) is 0 Å². The van der Waals surface area contributed by atoms with Gasteiger partial charge in [0.1, 0.15) is 0 Å². The highest BCUT2D eigenvalue weighted by molar-refractivity contribution is 5.93. The number of hydrogen-bond acceptors (Lipinski definition) is 1. The van der Waals surface area contributed by atoms with E-state index in [-0.39, 0.29) is 0 Å². The first-order valence-corrected chi connectivity index (χ1v) is 9.14. The van der Waals surface area contributed by atoms with E-state index in [2.05, 4.69) is 84.1 Å².